The minimum Gasteiger partial charge on any atom is -0.487 e. The highest BCUT2D eigenvalue weighted by atomic mass is 19.1. The predicted molar refractivity (Wildman–Crippen MR) is 104 cm³/mol. The van der Waals surface area contributed by atoms with Crippen LogP contribution in [0.4, 0.5) is 10.2 Å². The minimum absolute atomic E-state index is 0.0517. The molecule has 1 aliphatic rings. The minimum atomic E-state index is -0.475. The highest BCUT2D eigenvalue weighted by Crippen LogP contribution is 2.33. The molecule has 1 atom stereocenters. The van der Waals surface area contributed by atoms with Crippen molar-refractivity contribution in [3.8, 4) is 17.0 Å². The number of anilines is 1. The molecule has 0 unspecified atom stereocenters. The summed E-state index contributed by atoms with van der Waals surface area (Å²) in [5.74, 6) is 0.118. The lowest BCUT2D eigenvalue weighted by molar-refractivity contribution is -0.114. The summed E-state index contributed by atoms with van der Waals surface area (Å²) in [6.45, 7) is 4.08. The fourth-order valence-electron chi connectivity index (χ4n) is 3.42. The van der Waals surface area contributed by atoms with E-state index in [1.165, 1.54) is 17.6 Å². The lowest BCUT2D eigenvalue weighted by atomic mass is 10.1. The number of hydrogen-bond acceptors (Lipinski definition) is 6. The highest BCUT2D eigenvalue weighted by molar-refractivity contribution is 5.88. The van der Waals surface area contributed by atoms with Crippen molar-refractivity contribution < 1.29 is 18.7 Å². The summed E-state index contributed by atoms with van der Waals surface area (Å²) in [6.07, 6.45) is 2.79. The molecule has 4 rings (SSSR count). The van der Waals surface area contributed by atoms with Gasteiger partial charge in [-0.15, -0.1) is 5.10 Å². The molecule has 0 aromatic carbocycles. The second-order valence-electron chi connectivity index (χ2n) is 7.16. The molecule has 3 aromatic rings. The highest BCUT2D eigenvalue weighted by Gasteiger charge is 2.22. The first-order valence-electron chi connectivity index (χ1n) is 9.32. The van der Waals surface area contributed by atoms with Crippen molar-refractivity contribution in [2.45, 2.75) is 13.0 Å². The van der Waals surface area contributed by atoms with E-state index in [0.717, 1.165) is 13.1 Å². The number of ether oxygens (including phenoxy) is 2. The van der Waals surface area contributed by atoms with Crippen LogP contribution in [0.25, 0.3) is 16.8 Å². The normalized spacial score (nSPS) is 17.6. The maximum absolute atomic E-state index is 14.9. The van der Waals surface area contributed by atoms with E-state index in [9.17, 15) is 9.18 Å². The monoisotopic (exact) mass is 402 g/mol. The molecule has 154 valence electrons. The molecular weight excluding hydrogens is 379 g/mol. The van der Waals surface area contributed by atoms with E-state index in [4.69, 9.17) is 9.47 Å². The van der Waals surface area contributed by atoms with Gasteiger partial charge in [0.1, 0.15) is 18.4 Å². The number of pyridine rings is 1. The van der Waals surface area contributed by atoms with E-state index in [1.54, 1.807) is 30.1 Å². The number of aromatic nitrogens is 4. The van der Waals surface area contributed by atoms with E-state index in [2.05, 4.69) is 20.4 Å². The molecule has 9 nitrogen and oxygen atoms in total. The van der Waals surface area contributed by atoms with Crippen molar-refractivity contribution in [2.75, 3.05) is 38.7 Å². The maximum Gasteiger partial charge on any atom is 0.222 e. The second kappa shape index (κ2) is 7.80. The van der Waals surface area contributed by atoms with E-state index in [-0.39, 0.29) is 12.0 Å². The van der Waals surface area contributed by atoms with Crippen LogP contribution in [0.5, 0.6) is 5.75 Å². The van der Waals surface area contributed by atoms with Crippen molar-refractivity contribution >= 4 is 17.2 Å². The molecule has 0 radical (unpaired) electrons. The van der Waals surface area contributed by atoms with Crippen molar-refractivity contribution in [3.05, 3.63) is 30.3 Å². The Bertz CT molecular complexity index is 1050. The van der Waals surface area contributed by atoms with Crippen molar-refractivity contribution in [1.82, 2.24) is 24.3 Å². The largest absolute Gasteiger partial charge is 0.487 e. The van der Waals surface area contributed by atoms with Gasteiger partial charge in [0.25, 0.3) is 0 Å². The Morgan fingerprint density at radius 1 is 1.41 bits per heavy atom. The number of fused-ring (bicyclic) bond motifs is 1. The third kappa shape index (κ3) is 4.08. The lowest BCUT2D eigenvalue weighted by Gasteiger charge is -2.29. The zero-order valence-corrected chi connectivity index (χ0v) is 16.6. The quantitative estimate of drug-likeness (QED) is 0.697. The summed E-state index contributed by atoms with van der Waals surface area (Å²) in [7, 11) is 3.77. The number of aryl methyl sites for hydroxylation is 1. The van der Waals surface area contributed by atoms with Gasteiger partial charge in [-0.25, -0.2) is 8.91 Å². The smallest absolute Gasteiger partial charge is 0.222 e. The first-order valence-corrected chi connectivity index (χ1v) is 9.32. The van der Waals surface area contributed by atoms with Gasteiger partial charge in [0.2, 0.25) is 5.91 Å². The van der Waals surface area contributed by atoms with Gasteiger partial charge in [-0.05, 0) is 13.1 Å². The molecule has 0 aliphatic carbocycles. The number of amides is 1. The zero-order chi connectivity index (χ0) is 20.5. The Hall–Kier alpha value is -2.98. The number of rotatable bonds is 5. The van der Waals surface area contributed by atoms with Gasteiger partial charge in [0.15, 0.2) is 17.4 Å². The van der Waals surface area contributed by atoms with Gasteiger partial charge in [-0.2, -0.15) is 5.10 Å². The number of morpholine rings is 1. The molecule has 1 N–H and O–H groups in total. The summed E-state index contributed by atoms with van der Waals surface area (Å²) in [5, 5.41) is 11.0. The lowest BCUT2D eigenvalue weighted by Crippen LogP contribution is -2.42. The van der Waals surface area contributed by atoms with Crippen LogP contribution in [0, 0.1) is 5.82 Å². The van der Waals surface area contributed by atoms with Crippen LogP contribution in [0.1, 0.15) is 6.92 Å². The van der Waals surface area contributed by atoms with Gasteiger partial charge >= 0.3 is 0 Å². The molecule has 10 heteroatoms. The van der Waals surface area contributed by atoms with Crippen LogP contribution in [-0.2, 0) is 16.6 Å². The molecule has 3 aromatic heterocycles. The zero-order valence-electron chi connectivity index (χ0n) is 16.6. The van der Waals surface area contributed by atoms with Crippen LogP contribution in [0.2, 0.25) is 0 Å². The number of carbonyl (C=O) groups excluding carboxylic acids is 1. The van der Waals surface area contributed by atoms with Gasteiger partial charge in [-0.1, -0.05) is 0 Å². The fraction of sp³-hybridized carbons (Fsp3) is 0.421. The third-order valence-corrected chi connectivity index (χ3v) is 4.78. The van der Waals surface area contributed by atoms with E-state index < -0.39 is 5.82 Å². The summed E-state index contributed by atoms with van der Waals surface area (Å²) in [6, 6.07) is 3.33. The van der Waals surface area contributed by atoms with Crippen LogP contribution in [0.15, 0.2) is 24.5 Å². The Balaban J connectivity index is 1.62. The van der Waals surface area contributed by atoms with Crippen LogP contribution in [0.3, 0.4) is 0 Å². The maximum atomic E-state index is 14.9. The van der Waals surface area contributed by atoms with Crippen molar-refractivity contribution in [3.63, 3.8) is 0 Å². The summed E-state index contributed by atoms with van der Waals surface area (Å²) >= 11 is 0. The van der Waals surface area contributed by atoms with E-state index in [0.29, 0.717) is 41.6 Å². The number of likely N-dealkylation sites (N-methyl/N-ethyl adjacent to an activating group) is 1. The molecule has 1 saturated heterocycles. The third-order valence-electron chi connectivity index (χ3n) is 4.78. The van der Waals surface area contributed by atoms with E-state index >= 15 is 0 Å². The molecule has 4 heterocycles. The molecule has 0 spiro atoms. The molecular formula is C19H23FN6O3. The standard InChI is InChI=1S/C19H23FN6O3/c1-12(27)22-18-7-13-6-15(16(20)10-26(13)23-18)19-17(8-21-25(19)3)29-11-14-9-24(2)4-5-28-14/h6-8,10,14H,4-5,9,11H2,1-3H3,(H,22,23,27)/t14-/m1/s1. The summed E-state index contributed by atoms with van der Waals surface area (Å²) in [4.78, 5) is 13.4. The number of carbonyl (C=O) groups is 1. The molecule has 1 amide bonds. The Morgan fingerprint density at radius 2 is 2.24 bits per heavy atom. The Labute approximate surface area is 167 Å². The number of halogens is 1. The summed E-state index contributed by atoms with van der Waals surface area (Å²) < 4.78 is 29.5. The van der Waals surface area contributed by atoms with Gasteiger partial charge in [0.05, 0.1) is 24.5 Å². The van der Waals surface area contributed by atoms with Crippen LogP contribution < -0.4 is 10.1 Å². The topological polar surface area (TPSA) is 85.9 Å². The number of hydrogen-bond donors (Lipinski definition) is 1. The first kappa shape index (κ1) is 19.3. The molecule has 1 aliphatic heterocycles. The Morgan fingerprint density at radius 3 is 3.00 bits per heavy atom. The van der Waals surface area contributed by atoms with Crippen molar-refractivity contribution in [2.24, 2.45) is 7.05 Å². The average Bonchev–Trinajstić information content (AvgIpc) is 3.21. The molecule has 1 fully saturated rings. The second-order valence-corrected chi connectivity index (χ2v) is 7.16. The van der Waals surface area contributed by atoms with Crippen molar-refractivity contribution in [1.29, 1.82) is 0 Å². The molecule has 29 heavy (non-hydrogen) atoms. The predicted octanol–water partition coefficient (Wildman–Crippen LogP) is 1.54. The van der Waals surface area contributed by atoms with E-state index in [1.807, 2.05) is 7.05 Å². The first-order chi connectivity index (χ1) is 13.9. The average molecular weight is 402 g/mol. The Kier molecular flexibility index (Phi) is 5.20. The van der Waals surface area contributed by atoms with Gasteiger partial charge in [-0.3, -0.25) is 9.48 Å². The molecule has 0 saturated carbocycles. The molecule has 0 bridgehead atoms. The van der Waals surface area contributed by atoms with Crippen LogP contribution in [-0.4, -0.2) is 69.7 Å². The number of nitrogens with zero attached hydrogens (tertiary/aromatic N) is 5. The summed E-state index contributed by atoms with van der Waals surface area (Å²) in [5.41, 5.74) is 1.49. The SMILES string of the molecule is CC(=O)Nc1cc2cc(-c3c(OC[C@H]4CN(C)CCO4)cnn3C)c(F)cn2n1. The van der Waals surface area contributed by atoms with Gasteiger partial charge in [0, 0.05) is 38.7 Å². The number of nitrogens with one attached hydrogen (secondary N) is 1. The van der Waals surface area contributed by atoms with Crippen LogP contribution >= 0.6 is 0 Å². The fourth-order valence-corrected chi connectivity index (χ4v) is 3.42. The van der Waals surface area contributed by atoms with Gasteiger partial charge < -0.3 is 19.7 Å².